The predicted octanol–water partition coefficient (Wildman–Crippen LogP) is 2.31. The second-order valence-electron chi connectivity index (χ2n) is 7.29. The van der Waals surface area contributed by atoms with Gasteiger partial charge in [0.25, 0.3) is 0 Å². The molecule has 8 nitrogen and oxygen atoms in total. The molecule has 1 aromatic heterocycles. The van der Waals surface area contributed by atoms with Crippen molar-refractivity contribution in [2.75, 3.05) is 31.5 Å². The summed E-state index contributed by atoms with van der Waals surface area (Å²) in [4.78, 5) is 12.7. The summed E-state index contributed by atoms with van der Waals surface area (Å²) >= 11 is 0. The number of sulfonamides is 1. The number of benzene rings is 1. The summed E-state index contributed by atoms with van der Waals surface area (Å²) in [6.07, 6.45) is 2.12. The Kier molecular flexibility index (Phi) is 6.92. The number of hydrogen-bond acceptors (Lipinski definition) is 6. The van der Waals surface area contributed by atoms with Gasteiger partial charge in [-0.1, -0.05) is 23.4 Å². The molecule has 0 spiro atoms. The van der Waals surface area contributed by atoms with E-state index in [0.29, 0.717) is 31.6 Å². The molecule has 29 heavy (non-hydrogen) atoms. The van der Waals surface area contributed by atoms with Crippen LogP contribution in [0.3, 0.4) is 0 Å². The molecule has 1 aromatic carbocycles. The molecular weight excluding hydrogens is 392 g/mol. The van der Waals surface area contributed by atoms with Gasteiger partial charge < -0.3 is 15.2 Å². The van der Waals surface area contributed by atoms with Crippen molar-refractivity contribution >= 4 is 21.6 Å². The second-order valence-corrected chi connectivity index (χ2v) is 9.17. The highest BCUT2D eigenvalue weighted by Crippen LogP contribution is 2.27. The Bertz CT molecular complexity index is 908. The maximum atomic E-state index is 13.0. The van der Waals surface area contributed by atoms with Crippen LogP contribution < -0.4 is 10.6 Å². The van der Waals surface area contributed by atoms with Crippen molar-refractivity contribution in [2.45, 2.75) is 38.0 Å². The highest BCUT2D eigenvalue weighted by Gasteiger charge is 2.36. The number of para-hydroxylation sites is 1. The zero-order valence-electron chi connectivity index (χ0n) is 16.8. The maximum absolute atomic E-state index is 13.0. The number of anilines is 1. The van der Waals surface area contributed by atoms with Crippen molar-refractivity contribution in [1.82, 2.24) is 14.8 Å². The quantitative estimate of drug-likeness (QED) is 0.635. The molecule has 1 aliphatic rings. The van der Waals surface area contributed by atoms with E-state index in [1.165, 1.54) is 4.31 Å². The number of nitrogens with zero attached hydrogens (tertiary/aromatic N) is 2. The van der Waals surface area contributed by atoms with E-state index in [1.807, 2.05) is 30.3 Å². The van der Waals surface area contributed by atoms with Gasteiger partial charge in [0.2, 0.25) is 15.9 Å². The van der Waals surface area contributed by atoms with E-state index in [0.717, 1.165) is 18.7 Å². The van der Waals surface area contributed by atoms with Crippen molar-refractivity contribution in [3.63, 3.8) is 0 Å². The van der Waals surface area contributed by atoms with Crippen molar-refractivity contribution in [1.29, 1.82) is 0 Å². The third-order valence-electron chi connectivity index (χ3n) is 5.08. The number of aromatic nitrogens is 1. The first-order valence-corrected chi connectivity index (χ1v) is 11.3. The predicted molar refractivity (Wildman–Crippen MR) is 110 cm³/mol. The minimum atomic E-state index is -3.72. The molecule has 2 aromatic rings. The molecule has 0 aliphatic carbocycles. The molecule has 1 amide bonds. The van der Waals surface area contributed by atoms with Crippen LogP contribution in [0.5, 0.6) is 0 Å². The van der Waals surface area contributed by atoms with Crippen LogP contribution >= 0.6 is 0 Å². The number of rotatable bonds is 8. The minimum Gasteiger partial charge on any atom is -0.385 e. The van der Waals surface area contributed by atoms with Crippen molar-refractivity contribution in [3.05, 3.63) is 41.8 Å². The van der Waals surface area contributed by atoms with Crippen LogP contribution in [0.25, 0.3) is 0 Å². The average Bonchev–Trinajstić information content (AvgIpc) is 3.07. The van der Waals surface area contributed by atoms with Crippen LogP contribution in [0.1, 0.15) is 30.7 Å². The largest absolute Gasteiger partial charge is 0.385 e. The van der Waals surface area contributed by atoms with Crippen LogP contribution in [0, 0.1) is 19.8 Å². The fourth-order valence-corrected chi connectivity index (χ4v) is 5.39. The normalized spacial score (nSPS) is 17.8. The smallest absolute Gasteiger partial charge is 0.248 e. The van der Waals surface area contributed by atoms with Crippen LogP contribution in [0.2, 0.25) is 0 Å². The summed E-state index contributed by atoms with van der Waals surface area (Å²) in [7, 11) is -3.72. The molecule has 0 saturated carbocycles. The van der Waals surface area contributed by atoms with Crippen LogP contribution in [0.4, 0.5) is 5.69 Å². The van der Waals surface area contributed by atoms with E-state index in [-0.39, 0.29) is 29.0 Å². The Hall–Kier alpha value is -2.39. The van der Waals surface area contributed by atoms with Gasteiger partial charge >= 0.3 is 0 Å². The zero-order chi connectivity index (χ0) is 20.9. The second kappa shape index (κ2) is 9.41. The Morgan fingerprint density at radius 3 is 2.69 bits per heavy atom. The van der Waals surface area contributed by atoms with E-state index in [9.17, 15) is 13.2 Å². The van der Waals surface area contributed by atoms with Crippen molar-refractivity contribution in [3.8, 4) is 0 Å². The lowest BCUT2D eigenvalue weighted by Gasteiger charge is -2.31. The molecule has 0 radical (unpaired) electrons. The molecule has 1 atom stereocenters. The summed E-state index contributed by atoms with van der Waals surface area (Å²) in [6.45, 7) is 5.08. The lowest BCUT2D eigenvalue weighted by Crippen LogP contribution is -2.45. The molecule has 158 valence electrons. The molecule has 2 N–H and O–H groups in total. The highest BCUT2D eigenvalue weighted by atomic mass is 32.2. The number of hydrogen-bond donors (Lipinski definition) is 2. The van der Waals surface area contributed by atoms with Gasteiger partial charge in [-0.3, -0.25) is 4.79 Å². The summed E-state index contributed by atoms with van der Waals surface area (Å²) < 4.78 is 32.3. The third-order valence-corrected chi connectivity index (χ3v) is 7.19. The number of piperidine rings is 1. The Morgan fingerprint density at radius 2 is 2.00 bits per heavy atom. The zero-order valence-corrected chi connectivity index (χ0v) is 17.7. The van der Waals surface area contributed by atoms with Gasteiger partial charge in [0, 0.05) is 31.9 Å². The molecule has 1 aliphatic heterocycles. The van der Waals surface area contributed by atoms with Crippen molar-refractivity contribution < 1.29 is 17.7 Å². The van der Waals surface area contributed by atoms with Crippen LogP contribution in [-0.4, -0.2) is 50.0 Å². The van der Waals surface area contributed by atoms with E-state index in [1.54, 1.807) is 13.8 Å². The first kappa shape index (κ1) is 21.3. The van der Waals surface area contributed by atoms with E-state index < -0.39 is 10.0 Å². The average molecular weight is 421 g/mol. The first-order chi connectivity index (χ1) is 13.9. The van der Waals surface area contributed by atoms with E-state index in [2.05, 4.69) is 15.8 Å². The van der Waals surface area contributed by atoms with Crippen molar-refractivity contribution in [2.24, 2.45) is 5.92 Å². The topological polar surface area (TPSA) is 105 Å². The fraction of sp³-hybridized carbons (Fsp3) is 0.500. The van der Waals surface area contributed by atoms with Gasteiger partial charge in [-0.05, 0) is 45.2 Å². The lowest BCUT2D eigenvalue weighted by molar-refractivity contribution is -0.126. The number of amides is 1. The third kappa shape index (κ3) is 5.16. The molecular formula is C20H28N4O4S. The molecule has 1 fully saturated rings. The van der Waals surface area contributed by atoms with Gasteiger partial charge in [-0.2, -0.15) is 4.31 Å². The summed E-state index contributed by atoms with van der Waals surface area (Å²) in [5.41, 5.74) is 1.39. The first-order valence-electron chi connectivity index (χ1n) is 9.89. The fourth-order valence-electron chi connectivity index (χ4n) is 3.58. The summed E-state index contributed by atoms with van der Waals surface area (Å²) in [5.74, 6) is -0.163. The summed E-state index contributed by atoms with van der Waals surface area (Å²) in [5, 5.41) is 9.98. The standard InChI is InChI=1S/C20H28N4O4S/c1-15-19(16(2)28-23-15)29(26,27)24-13-6-8-17(14-24)20(25)22-12-7-11-21-18-9-4-3-5-10-18/h3-5,9-10,17,21H,6-8,11-14H2,1-2H3,(H,22,25). The van der Waals surface area contributed by atoms with Gasteiger partial charge in [0.1, 0.15) is 10.6 Å². The Labute approximate surface area is 171 Å². The molecule has 9 heteroatoms. The molecule has 0 bridgehead atoms. The SMILES string of the molecule is Cc1noc(C)c1S(=O)(=O)N1CCCC(C(=O)NCCCNc2ccccc2)C1. The highest BCUT2D eigenvalue weighted by molar-refractivity contribution is 7.89. The van der Waals surface area contributed by atoms with Gasteiger partial charge in [0.05, 0.1) is 5.92 Å². The summed E-state index contributed by atoms with van der Waals surface area (Å²) in [6, 6.07) is 9.89. The maximum Gasteiger partial charge on any atom is 0.248 e. The van der Waals surface area contributed by atoms with E-state index in [4.69, 9.17) is 4.52 Å². The molecule has 1 unspecified atom stereocenters. The molecule has 2 heterocycles. The van der Waals surface area contributed by atoms with Crippen LogP contribution in [0.15, 0.2) is 39.8 Å². The van der Waals surface area contributed by atoms with Gasteiger partial charge in [0.15, 0.2) is 5.76 Å². The Balaban J connectivity index is 1.49. The molecule has 3 rings (SSSR count). The monoisotopic (exact) mass is 420 g/mol. The Morgan fingerprint density at radius 1 is 1.24 bits per heavy atom. The lowest BCUT2D eigenvalue weighted by atomic mass is 9.99. The number of aryl methyl sites for hydroxylation is 2. The van der Waals surface area contributed by atoms with Gasteiger partial charge in [-0.15, -0.1) is 0 Å². The number of carbonyl (C=O) groups is 1. The molecule has 1 saturated heterocycles. The number of carbonyl (C=O) groups excluding carboxylic acids is 1. The van der Waals surface area contributed by atoms with Gasteiger partial charge in [-0.25, -0.2) is 8.42 Å². The number of nitrogens with one attached hydrogen (secondary N) is 2. The minimum absolute atomic E-state index is 0.0941. The van der Waals surface area contributed by atoms with E-state index >= 15 is 0 Å². The van der Waals surface area contributed by atoms with Crippen LogP contribution in [-0.2, 0) is 14.8 Å².